The van der Waals surface area contributed by atoms with Crippen molar-refractivity contribution < 1.29 is 4.74 Å². The zero-order chi connectivity index (χ0) is 14.7. The molecule has 4 heteroatoms. The molecule has 0 bridgehead atoms. The molecule has 1 aliphatic rings. The first-order chi connectivity index (χ1) is 10.2. The predicted molar refractivity (Wildman–Crippen MR) is 83.7 cm³/mol. The average Bonchev–Trinajstić information content (AvgIpc) is 3.31. The molecule has 1 aliphatic carbocycles. The number of nitrogens with one attached hydrogen (secondary N) is 1. The predicted octanol–water partition coefficient (Wildman–Crippen LogP) is 3.67. The van der Waals surface area contributed by atoms with Gasteiger partial charge < -0.3 is 10.1 Å². The Bertz CT molecular complexity index is 606. The molecule has 0 aliphatic heterocycles. The van der Waals surface area contributed by atoms with E-state index in [0.717, 1.165) is 18.2 Å². The first-order valence-electron chi connectivity index (χ1n) is 7.56. The van der Waals surface area contributed by atoms with E-state index in [1.54, 1.807) is 0 Å². The summed E-state index contributed by atoms with van der Waals surface area (Å²) in [7, 11) is 0. The molecule has 0 spiro atoms. The third-order valence-electron chi connectivity index (χ3n) is 3.55. The van der Waals surface area contributed by atoms with Gasteiger partial charge in [0.05, 0.1) is 6.61 Å². The van der Waals surface area contributed by atoms with Gasteiger partial charge in [0, 0.05) is 18.5 Å². The van der Waals surface area contributed by atoms with Gasteiger partial charge in [0.25, 0.3) is 0 Å². The Kier molecular flexibility index (Phi) is 4.04. The average molecular weight is 283 g/mol. The highest BCUT2D eigenvalue weighted by Crippen LogP contribution is 2.39. The molecule has 1 fully saturated rings. The SMILES string of the molecule is CCOc1cc(NCc2ccc(C)cc2)nc(C2CC2)n1. The lowest BCUT2D eigenvalue weighted by Crippen LogP contribution is -2.06. The van der Waals surface area contributed by atoms with Crippen molar-refractivity contribution in [1.82, 2.24) is 9.97 Å². The van der Waals surface area contributed by atoms with Crippen molar-refractivity contribution in [3.05, 3.63) is 47.3 Å². The number of rotatable bonds is 6. The van der Waals surface area contributed by atoms with E-state index in [4.69, 9.17) is 4.74 Å². The van der Waals surface area contributed by atoms with Crippen LogP contribution in [0.5, 0.6) is 5.88 Å². The summed E-state index contributed by atoms with van der Waals surface area (Å²) in [5.74, 6) is 2.94. The molecule has 0 amide bonds. The van der Waals surface area contributed by atoms with E-state index in [0.29, 0.717) is 18.4 Å². The third kappa shape index (κ3) is 3.72. The number of ether oxygens (including phenoxy) is 1. The Morgan fingerprint density at radius 2 is 1.95 bits per heavy atom. The van der Waals surface area contributed by atoms with Gasteiger partial charge in [-0.15, -0.1) is 0 Å². The third-order valence-corrected chi connectivity index (χ3v) is 3.55. The molecule has 1 aromatic heterocycles. The van der Waals surface area contributed by atoms with E-state index in [1.165, 1.54) is 24.0 Å². The van der Waals surface area contributed by atoms with Crippen molar-refractivity contribution in [3.8, 4) is 5.88 Å². The van der Waals surface area contributed by atoms with Gasteiger partial charge in [-0.1, -0.05) is 29.8 Å². The van der Waals surface area contributed by atoms with E-state index < -0.39 is 0 Å². The van der Waals surface area contributed by atoms with Crippen LogP contribution in [0.15, 0.2) is 30.3 Å². The topological polar surface area (TPSA) is 47.0 Å². The molecule has 0 radical (unpaired) electrons. The summed E-state index contributed by atoms with van der Waals surface area (Å²) >= 11 is 0. The first-order valence-corrected chi connectivity index (χ1v) is 7.56. The lowest BCUT2D eigenvalue weighted by molar-refractivity contribution is 0.325. The van der Waals surface area contributed by atoms with Crippen LogP contribution in [0, 0.1) is 6.92 Å². The van der Waals surface area contributed by atoms with Crippen molar-refractivity contribution in [2.24, 2.45) is 0 Å². The van der Waals surface area contributed by atoms with Crippen LogP contribution in [0.1, 0.15) is 42.6 Å². The molecule has 1 N–H and O–H groups in total. The van der Waals surface area contributed by atoms with E-state index >= 15 is 0 Å². The molecular formula is C17H21N3O. The van der Waals surface area contributed by atoms with Gasteiger partial charge in [0.2, 0.25) is 5.88 Å². The van der Waals surface area contributed by atoms with Gasteiger partial charge in [-0.05, 0) is 32.3 Å². The van der Waals surface area contributed by atoms with Crippen LogP contribution in [0.3, 0.4) is 0 Å². The standard InChI is InChI=1S/C17H21N3O/c1-3-21-16-10-15(19-17(20-16)14-8-9-14)18-11-13-6-4-12(2)5-7-13/h4-7,10,14H,3,8-9,11H2,1-2H3,(H,18,19,20). The molecule has 1 saturated carbocycles. The monoisotopic (exact) mass is 283 g/mol. The van der Waals surface area contributed by atoms with E-state index in [9.17, 15) is 0 Å². The summed E-state index contributed by atoms with van der Waals surface area (Å²) in [5, 5.41) is 3.37. The van der Waals surface area contributed by atoms with Crippen LogP contribution in [0.4, 0.5) is 5.82 Å². The molecule has 1 aromatic carbocycles. The minimum absolute atomic E-state index is 0.519. The van der Waals surface area contributed by atoms with Crippen LogP contribution >= 0.6 is 0 Å². The van der Waals surface area contributed by atoms with Gasteiger partial charge >= 0.3 is 0 Å². The van der Waals surface area contributed by atoms with Gasteiger partial charge in [-0.3, -0.25) is 0 Å². The molecule has 21 heavy (non-hydrogen) atoms. The van der Waals surface area contributed by atoms with Crippen molar-refractivity contribution in [1.29, 1.82) is 0 Å². The fraction of sp³-hybridized carbons (Fsp3) is 0.412. The molecule has 0 atom stereocenters. The highest BCUT2D eigenvalue weighted by atomic mass is 16.5. The largest absolute Gasteiger partial charge is 0.478 e. The minimum atomic E-state index is 0.519. The summed E-state index contributed by atoms with van der Waals surface area (Å²) < 4.78 is 5.54. The van der Waals surface area contributed by atoms with E-state index in [2.05, 4.69) is 46.5 Å². The molecular weight excluding hydrogens is 262 g/mol. The first kappa shape index (κ1) is 13.9. The number of aromatic nitrogens is 2. The molecule has 0 unspecified atom stereocenters. The van der Waals surface area contributed by atoms with Gasteiger partial charge in [0.15, 0.2) is 0 Å². The van der Waals surface area contributed by atoms with Crippen molar-refractivity contribution in [2.75, 3.05) is 11.9 Å². The summed E-state index contributed by atoms with van der Waals surface area (Å²) in [5.41, 5.74) is 2.51. The number of hydrogen-bond donors (Lipinski definition) is 1. The molecule has 1 heterocycles. The second-order valence-corrected chi connectivity index (χ2v) is 5.50. The van der Waals surface area contributed by atoms with Crippen LogP contribution < -0.4 is 10.1 Å². The lowest BCUT2D eigenvalue weighted by atomic mass is 10.1. The maximum atomic E-state index is 5.54. The zero-order valence-electron chi connectivity index (χ0n) is 12.6. The fourth-order valence-electron chi connectivity index (χ4n) is 2.18. The Hall–Kier alpha value is -2.10. The summed E-state index contributed by atoms with van der Waals surface area (Å²) in [6.07, 6.45) is 2.37. The molecule has 2 aromatic rings. The Labute approximate surface area is 125 Å². The van der Waals surface area contributed by atoms with Crippen molar-refractivity contribution in [2.45, 2.75) is 39.2 Å². The van der Waals surface area contributed by atoms with Gasteiger partial charge in [-0.25, -0.2) is 4.98 Å². The van der Waals surface area contributed by atoms with Gasteiger partial charge in [0.1, 0.15) is 11.6 Å². The van der Waals surface area contributed by atoms with Crippen molar-refractivity contribution >= 4 is 5.82 Å². The maximum Gasteiger partial charge on any atom is 0.218 e. The van der Waals surface area contributed by atoms with Crippen LogP contribution in [-0.2, 0) is 6.54 Å². The van der Waals surface area contributed by atoms with Crippen LogP contribution in [0.2, 0.25) is 0 Å². The highest BCUT2D eigenvalue weighted by molar-refractivity contribution is 5.40. The molecule has 4 nitrogen and oxygen atoms in total. The van der Waals surface area contributed by atoms with Crippen molar-refractivity contribution in [3.63, 3.8) is 0 Å². The van der Waals surface area contributed by atoms with E-state index in [-0.39, 0.29) is 0 Å². The quantitative estimate of drug-likeness (QED) is 0.878. The Morgan fingerprint density at radius 3 is 2.62 bits per heavy atom. The van der Waals surface area contributed by atoms with E-state index in [1.807, 2.05) is 13.0 Å². The smallest absolute Gasteiger partial charge is 0.218 e. The summed E-state index contributed by atoms with van der Waals surface area (Å²) in [6, 6.07) is 10.4. The number of hydrogen-bond acceptors (Lipinski definition) is 4. The summed E-state index contributed by atoms with van der Waals surface area (Å²) in [6.45, 7) is 5.45. The second-order valence-electron chi connectivity index (χ2n) is 5.50. The zero-order valence-corrected chi connectivity index (χ0v) is 12.6. The highest BCUT2D eigenvalue weighted by Gasteiger charge is 2.27. The Balaban J connectivity index is 1.72. The number of anilines is 1. The van der Waals surface area contributed by atoms with Gasteiger partial charge in [-0.2, -0.15) is 4.98 Å². The number of benzene rings is 1. The minimum Gasteiger partial charge on any atom is -0.478 e. The number of aryl methyl sites for hydroxylation is 1. The normalized spacial score (nSPS) is 14.0. The van der Waals surface area contributed by atoms with Crippen LogP contribution in [0.25, 0.3) is 0 Å². The number of nitrogens with zero attached hydrogens (tertiary/aromatic N) is 2. The fourth-order valence-corrected chi connectivity index (χ4v) is 2.18. The maximum absolute atomic E-state index is 5.54. The second kappa shape index (κ2) is 6.12. The van der Waals surface area contributed by atoms with Crippen LogP contribution in [-0.4, -0.2) is 16.6 Å². The lowest BCUT2D eigenvalue weighted by Gasteiger charge is -2.10. The molecule has 0 saturated heterocycles. The molecule has 110 valence electrons. The Morgan fingerprint density at radius 1 is 1.19 bits per heavy atom. The molecule has 3 rings (SSSR count). The summed E-state index contributed by atoms with van der Waals surface area (Å²) in [4.78, 5) is 9.09.